The van der Waals surface area contributed by atoms with E-state index in [0.717, 1.165) is 12.1 Å². The highest BCUT2D eigenvalue weighted by molar-refractivity contribution is 5.71. The highest BCUT2D eigenvalue weighted by Gasteiger charge is 2.47. The molecule has 0 unspecified atom stereocenters. The van der Waals surface area contributed by atoms with Gasteiger partial charge in [0.05, 0.1) is 11.5 Å². The fourth-order valence-corrected chi connectivity index (χ4v) is 1.95. The number of carbonyl (C=O) groups is 1. The molecule has 0 amide bonds. The van der Waals surface area contributed by atoms with Crippen LogP contribution in [0.2, 0.25) is 0 Å². The molecular weight excluding hydrogens is 218 g/mol. The summed E-state index contributed by atoms with van der Waals surface area (Å²) in [6, 6.07) is 3.11. The van der Waals surface area contributed by atoms with Gasteiger partial charge in [-0.3, -0.25) is 4.79 Å². The topological polar surface area (TPSA) is 57.5 Å². The number of rotatable bonds is 2. The zero-order chi connectivity index (χ0) is 11.9. The lowest BCUT2D eigenvalue weighted by atomic mass is 9.67. The summed E-state index contributed by atoms with van der Waals surface area (Å²) in [5, 5.41) is 18.6. The van der Waals surface area contributed by atoms with E-state index in [-0.39, 0.29) is 18.4 Å². The number of aliphatic carboxylic acids is 1. The fourth-order valence-electron chi connectivity index (χ4n) is 1.95. The number of hydrogen-bond acceptors (Lipinski definition) is 2. The SMILES string of the molecule is O=C(O)C1CC(O)(c2ccc(F)c(F)c2)C1. The van der Waals surface area contributed by atoms with Crippen LogP contribution in [0.4, 0.5) is 8.78 Å². The van der Waals surface area contributed by atoms with Gasteiger partial charge < -0.3 is 10.2 Å². The van der Waals surface area contributed by atoms with Crippen LogP contribution in [0.15, 0.2) is 18.2 Å². The third-order valence-electron chi connectivity index (χ3n) is 2.97. The van der Waals surface area contributed by atoms with Crippen LogP contribution in [0.25, 0.3) is 0 Å². The molecule has 0 bridgehead atoms. The van der Waals surface area contributed by atoms with Gasteiger partial charge in [-0.2, -0.15) is 0 Å². The standard InChI is InChI=1S/C11H10F2O3/c12-8-2-1-7(3-9(8)13)11(16)4-6(5-11)10(14)15/h1-3,6,16H,4-5H2,(H,14,15). The first-order valence-corrected chi connectivity index (χ1v) is 4.83. The Labute approximate surface area is 90.3 Å². The lowest BCUT2D eigenvalue weighted by Crippen LogP contribution is -2.44. The molecule has 1 aliphatic rings. The summed E-state index contributed by atoms with van der Waals surface area (Å²) in [5.41, 5.74) is -1.11. The molecule has 16 heavy (non-hydrogen) atoms. The van der Waals surface area contributed by atoms with Gasteiger partial charge in [0.1, 0.15) is 0 Å². The number of aliphatic hydroxyl groups is 1. The summed E-state index contributed by atoms with van der Waals surface area (Å²) in [7, 11) is 0. The predicted octanol–water partition coefficient (Wildman–Crippen LogP) is 1.65. The van der Waals surface area contributed by atoms with Crippen molar-refractivity contribution in [3.8, 4) is 0 Å². The Bertz CT molecular complexity index is 439. The Morgan fingerprint density at radius 2 is 1.94 bits per heavy atom. The average Bonchev–Trinajstić information content (AvgIpc) is 2.17. The minimum Gasteiger partial charge on any atom is -0.481 e. The highest BCUT2D eigenvalue weighted by Crippen LogP contribution is 2.45. The molecule has 1 aliphatic carbocycles. The number of benzene rings is 1. The molecule has 0 spiro atoms. The molecule has 0 aromatic heterocycles. The van der Waals surface area contributed by atoms with Crippen molar-refractivity contribution in [2.24, 2.45) is 5.92 Å². The van der Waals surface area contributed by atoms with E-state index in [1.54, 1.807) is 0 Å². The molecule has 1 aromatic carbocycles. The Morgan fingerprint density at radius 3 is 2.44 bits per heavy atom. The highest BCUT2D eigenvalue weighted by atomic mass is 19.2. The minimum atomic E-state index is -1.34. The predicted molar refractivity (Wildman–Crippen MR) is 50.6 cm³/mol. The van der Waals surface area contributed by atoms with Crippen LogP contribution in [-0.4, -0.2) is 16.2 Å². The summed E-state index contributed by atoms with van der Waals surface area (Å²) in [6.07, 6.45) is 0.0702. The van der Waals surface area contributed by atoms with E-state index >= 15 is 0 Å². The van der Waals surface area contributed by atoms with Gasteiger partial charge in [0.15, 0.2) is 11.6 Å². The molecule has 0 saturated heterocycles. The fraction of sp³-hybridized carbons (Fsp3) is 0.364. The minimum absolute atomic E-state index is 0.0351. The Hall–Kier alpha value is -1.49. The van der Waals surface area contributed by atoms with Crippen LogP contribution in [0.1, 0.15) is 18.4 Å². The largest absolute Gasteiger partial charge is 0.481 e. The number of carboxylic acid groups (broad SMARTS) is 1. The second-order valence-electron chi connectivity index (χ2n) is 4.10. The molecule has 1 saturated carbocycles. The van der Waals surface area contributed by atoms with Gasteiger partial charge in [-0.25, -0.2) is 8.78 Å². The van der Waals surface area contributed by atoms with Gasteiger partial charge in [0, 0.05) is 0 Å². The molecule has 3 nitrogen and oxygen atoms in total. The van der Waals surface area contributed by atoms with Gasteiger partial charge in [-0.1, -0.05) is 6.07 Å². The van der Waals surface area contributed by atoms with Crippen LogP contribution in [0.5, 0.6) is 0 Å². The van der Waals surface area contributed by atoms with E-state index in [9.17, 15) is 18.7 Å². The first-order chi connectivity index (χ1) is 7.42. The summed E-state index contributed by atoms with van der Waals surface area (Å²) >= 11 is 0. The average molecular weight is 228 g/mol. The molecule has 0 heterocycles. The number of halogens is 2. The molecular formula is C11H10F2O3. The summed E-state index contributed by atoms with van der Waals surface area (Å²) in [5.74, 6) is -3.61. The van der Waals surface area contributed by atoms with Crippen LogP contribution in [-0.2, 0) is 10.4 Å². The second kappa shape index (κ2) is 3.52. The molecule has 2 rings (SSSR count). The maximum absolute atomic E-state index is 12.9. The molecule has 0 radical (unpaired) electrons. The monoisotopic (exact) mass is 228 g/mol. The van der Waals surface area contributed by atoms with Crippen molar-refractivity contribution in [1.29, 1.82) is 0 Å². The van der Waals surface area contributed by atoms with Crippen LogP contribution in [0.3, 0.4) is 0 Å². The lowest BCUT2D eigenvalue weighted by Gasteiger charge is -2.41. The second-order valence-corrected chi connectivity index (χ2v) is 4.10. The summed E-state index contributed by atoms with van der Waals surface area (Å²) in [4.78, 5) is 10.6. The number of hydrogen-bond donors (Lipinski definition) is 2. The van der Waals surface area contributed by atoms with E-state index in [1.807, 2.05) is 0 Å². The van der Waals surface area contributed by atoms with Crippen molar-refractivity contribution >= 4 is 5.97 Å². The third kappa shape index (κ3) is 1.67. The van der Waals surface area contributed by atoms with Crippen molar-refractivity contribution in [3.63, 3.8) is 0 Å². The first kappa shape index (κ1) is 11.0. The van der Waals surface area contributed by atoms with E-state index < -0.39 is 29.1 Å². The van der Waals surface area contributed by atoms with Crippen molar-refractivity contribution in [3.05, 3.63) is 35.4 Å². The lowest BCUT2D eigenvalue weighted by molar-refractivity contribution is -0.159. The zero-order valence-corrected chi connectivity index (χ0v) is 8.28. The summed E-state index contributed by atoms with van der Waals surface area (Å²) < 4.78 is 25.6. The number of carboxylic acids is 1. The van der Waals surface area contributed by atoms with Crippen LogP contribution >= 0.6 is 0 Å². The van der Waals surface area contributed by atoms with Crippen LogP contribution < -0.4 is 0 Å². The van der Waals surface area contributed by atoms with E-state index in [1.165, 1.54) is 6.07 Å². The van der Waals surface area contributed by atoms with E-state index in [0.29, 0.717) is 0 Å². The van der Waals surface area contributed by atoms with Crippen molar-refractivity contribution in [2.45, 2.75) is 18.4 Å². The zero-order valence-electron chi connectivity index (χ0n) is 8.28. The van der Waals surface area contributed by atoms with Crippen molar-refractivity contribution in [2.75, 3.05) is 0 Å². The van der Waals surface area contributed by atoms with Crippen LogP contribution in [0, 0.1) is 17.6 Å². The molecule has 86 valence electrons. The third-order valence-corrected chi connectivity index (χ3v) is 2.97. The Morgan fingerprint density at radius 1 is 1.31 bits per heavy atom. The maximum atomic E-state index is 12.9. The van der Waals surface area contributed by atoms with Gasteiger partial charge in [-0.15, -0.1) is 0 Å². The Kier molecular flexibility index (Phi) is 2.42. The molecule has 2 N–H and O–H groups in total. The van der Waals surface area contributed by atoms with Gasteiger partial charge in [0.2, 0.25) is 0 Å². The smallest absolute Gasteiger partial charge is 0.306 e. The van der Waals surface area contributed by atoms with E-state index in [2.05, 4.69) is 0 Å². The van der Waals surface area contributed by atoms with E-state index in [4.69, 9.17) is 5.11 Å². The first-order valence-electron chi connectivity index (χ1n) is 4.83. The molecule has 0 atom stereocenters. The van der Waals surface area contributed by atoms with Crippen molar-refractivity contribution in [1.82, 2.24) is 0 Å². The molecule has 1 aromatic rings. The van der Waals surface area contributed by atoms with Crippen molar-refractivity contribution < 1.29 is 23.8 Å². The molecule has 0 aliphatic heterocycles. The quantitative estimate of drug-likeness (QED) is 0.809. The summed E-state index contributed by atoms with van der Waals surface area (Å²) in [6.45, 7) is 0. The van der Waals surface area contributed by atoms with Gasteiger partial charge in [0.25, 0.3) is 0 Å². The van der Waals surface area contributed by atoms with Gasteiger partial charge >= 0.3 is 5.97 Å². The molecule has 5 heteroatoms. The maximum Gasteiger partial charge on any atom is 0.306 e. The van der Waals surface area contributed by atoms with Gasteiger partial charge in [-0.05, 0) is 30.5 Å². The normalized spacial score (nSPS) is 28.6. The molecule has 1 fully saturated rings. The Balaban J connectivity index is 2.20.